The first-order valence-corrected chi connectivity index (χ1v) is 8.34. The fourth-order valence-electron chi connectivity index (χ4n) is 3.17. The predicted molar refractivity (Wildman–Crippen MR) is 96.7 cm³/mol. The van der Waals surface area contributed by atoms with E-state index in [1.807, 2.05) is 18.7 Å². The van der Waals surface area contributed by atoms with E-state index in [2.05, 4.69) is 23.5 Å². The number of carbonyl (C=O) groups excluding carboxylic acids is 1. The molecule has 0 aliphatic carbocycles. The van der Waals surface area contributed by atoms with Crippen molar-refractivity contribution in [2.45, 2.75) is 39.0 Å². The summed E-state index contributed by atoms with van der Waals surface area (Å²) in [6.07, 6.45) is 2.75. The van der Waals surface area contributed by atoms with E-state index >= 15 is 0 Å². The molecule has 1 amide bonds. The Bertz CT molecular complexity index is 498. The topological polar surface area (TPSA) is 41.6 Å². The Morgan fingerprint density at radius 3 is 2.48 bits per heavy atom. The van der Waals surface area contributed by atoms with Crippen LogP contribution in [0.3, 0.4) is 0 Å². The van der Waals surface area contributed by atoms with Crippen LogP contribution in [-0.4, -0.2) is 44.1 Å². The lowest BCUT2D eigenvalue weighted by molar-refractivity contribution is -0.130. The Hall–Kier alpha value is -1.26. The van der Waals surface area contributed by atoms with Crippen molar-refractivity contribution in [3.8, 4) is 5.75 Å². The van der Waals surface area contributed by atoms with Crippen molar-refractivity contribution < 1.29 is 9.53 Å². The van der Waals surface area contributed by atoms with Gasteiger partial charge in [0.1, 0.15) is 5.75 Å². The first-order valence-electron chi connectivity index (χ1n) is 8.34. The van der Waals surface area contributed by atoms with Crippen LogP contribution < -0.4 is 10.1 Å². The Morgan fingerprint density at radius 1 is 1.26 bits per heavy atom. The van der Waals surface area contributed by atoms with Gasteiger partial charge in [0.05, 0.1) is 13.5 Å². The molecule has 0 radical (unpaired) electrons. The fraction of sp³-hybridized carbons (Fsp3) is 0.611. The van der Waals surface area contributed by atoms with Gasteiger partial charge in [-0.1, -0.05) is 12.1 Å². The first-order chi connectivity index (χ1) is 10.7. The van der Waals surface area contributed by atoms with Crippen molar-refractivity contribution in [1.29, 1.82) is 0 Å². The minimum Gasteiger partial charge on any atom is -0.496 e. The Labute approximate surface area is 146 Å². The molecule has 0 bridgehead atoms. The highest BCUT2D eigenvalue weighted by atomic mass is 35.5. The van der Waals surface area contributed by atoms with Crippen molar-refractivity contribution >= 4 is 18.3 Å². The highest BCUT2D eigenvalue weighted by Gasteiger charge is 2.18. The Morgan fingerprint density at radius 2 is 1.91 bits per heavy atom. The molecule has 0 atom stereocenters. The Balaban J connectivity index is 0.00000264. The number of benzene rings is 1. The average molecular weight is 341 g/mol. The highest BCUT2D eigenvalue weighted by Crippen LogP contribution is 2.30. The standard InChI is InChI=1S/C18H28N2O2.ClH/c1-4-20(5-2)18(21)13-16-7-6-15(12-17(16)22-3)14-8-10-19-11-9-14;/h6-7,12,14,19H,4-5,8-11,13H2,1-3H3;1H. The number of methoxy groups -OCH3 is 1. The zero-order valence-corrected chi connectivity index (χ0v) is 15.2. The quantitative estimate of drug-likeness (QED) is 0.865. The summed E-state index contributed by atoms with van der Waals surface area (Å²) in [7, 11) is 1.69. The minimum absolute atomic E-state index is 0. The molecule has 2 rings (SSSR count). The van der Waals surface area contributed by atoms with Crippen LogP contribution >= 0.6 is 12.4 Å². The Kier molecular flexibility index (Phi) is 8.42. The molecule has 1 heterocycles. The summed E-state index contributed by atoms with van der Waals surface area (Å²) in [5.41, 5.74) is 2.31. The molecular weight excluding hydrogens is 312 g/mol. The predicted octanol–water partition coefficient (Wildman–Crippen LogP) is 2.99. The van der Waals surface area contributed by atoms with Crippen LogP contribution in [-0.2, 0) is 11.2 Å². The third-order valence-corrected chi connectivity index (χ3v) is 4.58. The summed E-state index contributed by atoms with van der Waals surface area (Å²) >= 11 is 0. The van der Waals surface area contributed by atoms with Crippen LogP contribution in [0.1, 0.15) is 43.7 Å². The number of hydrogen-bond acceptors (Lipinski definition) is 3. The molecule has 1 saturated heterocycles. The number of rotatable bonds is 6. The van der Waals surface area contributed by atoms with Crippen molar-refractivity contribution in [2.75, 3.05) is 33.3 Å². The second-order valence-electron chi connectivity index (χ2n) is 5.84. The number of hydrogen-bond donors (Lipinski definition) is 1. The summed E-state index contributed by atoms with van der Waals surface area (Å²) in [4.78, 5) is 14.2. The van der Waals surface area contributed by atoms with Crippen LogP contribution in [0.2, 0.25) is 0 Å². The smallest absolute Gasteiger partial charge is 0.227 e. The lowest BCUT2D eigenvalue weighted by atomic mass is 9.89. The molecule has 1 fully saturated rings. The molecule has 5 heteroatoms. The first kappa shape index (κ1) is 19.8. The van der Waals surface area contributed by atoms with Crippen molar-refractivity contribution in [1.82, 2.24) is 10.2 Å². The highest BCUT2D eigenvalue weighted by molar-refractivity contribution is 5.85. The number of likely N-dealkylation sites (N-methyl/N-ethyl adjacent to an activating group) is 1. The third kappa shape index (κ3) is 5.11. The van der Waals surface area contributed by atoms with Crippen molar-refractivity contribution in [3.63, 3.8) is 0 Å². The molecule has 4 nitrogen and oxygen atoms in total. The summed E-state index contributed by atoms with van der Waals surface area (Å²) in [5.74, 6) is 1.61. The van der Waals surface area contributed by atoms with Gasteiger partial charge in [0.15, 0.2) is 0 Å². The van der Waals surface area contributed by atoms with Gasteiger partial charge in [-0.3, -0.25) is 4.79 Å². The lowest BCUT2D eigenvalue weighted by Gasteiger charge is -2.24. The maximum Gasteiger partial charge on any atom is 0.227 e. The summed E-state index contributed by atoms with van der Waals surface area (Å²) in [6, 6.07) is 6.36. The summed E-state index contributed by atoms with van der Waals surface area (Å²) < 4.78 is 5.54. The van der Waals surface area contributed by atoms with E-state index in [0.29, 0.717) is 12.3 Å². The lowest BCUT2D eigenvalue weighted by Crippen LogP contribution is -2.31. The summed E-state index contributed by atoms with van der Waals surface area (Å²) in [5, 5.41) is 3.39. The maximum atomic E-state index is 12.3. The van der Waals surface area contributed by atoms with Crippen LogP contribution in [0.4, 0.5) is 0 Å². The normalized spacial score (nSPS) is 14.9. The molecule has 1 aliphatic rings. The van der Waals surface area contributed by atoms with Gasteiger partial charge < -0.3 is 15.0 Å². The zero-order valence-electron chi connectivity index (χ0n) is 14.4. The van der Waals surface area contributed by atoms with Crippen LogP contribution in [0, 0.1) is 0 Å². The van der Waals surface area contributed by atoms with E-state index in [0.717, 1.165) is 37.5 Å². The molecule has 0 saturated carbocycles. The molecule has 0 unspecified atom stereocenters. The van der Waals surface area contributed by atoms with Gasteiger partial charge in [-0.15, -0.1) is 12.4 Å². The van der Waals surface area contributed by atoms with Crippen LogP contribution in [0.5, 0.6) is 5.75 Å². The molecule has 1 aromatic carbocycles. The second kappa shape index (κ2) is 9.78. The SMILES string of the molecule is CCN(CC)C(=O)Cc1ccc(C2CCNCC2)cc1OC.Cl. The zero-order chi connectivity index (χ0) is 15.9. The number of carbonyl (C=O) groups is 1. The number of piperidine rings is 1. The van der Waals surface area contributed by atoms with Crippen LogP contribution in [0.25, 0.3) is 0 Å². The van der Waals surface area contributed by atoms with E-state index in [-0.39, 0.29) is 18.3 Å². The van der Waals surface area contributed by atoms with Gasteiger partial charge in [0.2, 0.25) is 5.91 Å². The molecule has 23 heavy (non-hydrogen) atoms. The van der Waals surface area contributed by atoms with Gasteiger partial charge in [-0.2, -0.15) is 0 Å². The van der Waals surface area contributed by atoms with Gasteiger partial charge >= 0.3 is 0 Å². The molecule has 1 aliphatic heterocycles. The maximum absolute atomic E-state index is 12.3. The van der Waals surface area contributed by atoms with E-state index in [1.54, 1.807) is 7.11 Å². The van der Waals surface area contributed by atoms with E-state index in [9.17, 15) is 4.79 Å². The number of nitrogens with zero attached hydrogens (tertiary/aromatic N) is 1. The molecule has 1 aromatic rings. The number of amides is 1. The monoisotopic (exact) mass is 340 g/mol. The molecule has 1 N–H and O–H groups in total. The largest absolute Gasteiger partial charge is 0.496 e. The molecule has 0 aromatic heterocycles. The van der Waals surface area contributed by atoms with E-state index in [1.165, 1.54) is 18.4 Å². The molecular formula is C18H29ClN2O2. The van der Waals surface area contributed by atoms with Gasteiger partial charge in [-0.25, -0.2) is 0 Å². The van der Waals surface area contributed by atoms with Crippen molar-refractivity contribution in [2.24, 2.45) is 0 Å². The minimum atomic E-state index is 0. The van der Waals surface area contributed by atoms with E-state index in [4.69, 9.17) is 4.74 Å². The third-order valence-electron chi connectivity index (χ3n) is 4.58. The van der Waals surface area contributed by atoms with Crippen LogP contribution in [0.15, 0.2) is 18.2 Å². The van der Waals surface area contributed by atoms with Gasteiger partial charge in [0, 0.05) is 18.7 Å². The molecule has 130 valence electrons. The average Bonchev–Trinajstić information content (AvgIpc) is 2.57. The second-order valence-corrected chi connectivity index (χ2v) is 5.84. The van der Waals surface area contributed by atoms with Gasteiger partial charge in [0.25, 0.3) is 0 Å². The number of nitrogens with one attached hydrogen (secondary N) is 1. The number of halogens is 1. The van der Waals surface area contributed by atoms with Crippen molar-refractivity contribution in [3.05, 3.63) is 29.3 Å². The summed E-state index contributed by atoms with van der Waals surface area (Å²) in [6.45, 7) is 7.69. The fourth-order valence-corrected chi connectivity index (χ4v) is 3.17. The number of ether oxygens (including phenoxy) is 1. The van der Waals surface area contributed by atoms with E-state index < -0.39 is 0 Å². The molecule has 0 spiro atoms. The van der Waals surface area contributed by atoms with Gasteiger partial charge in [-0.05, 0) is 57.3 Å².